The molecule has 1 aromatic heterocycles. The lowest BCUT2D eigenvalue weighted by Crippen LogP contribution is -2.14. The predicted octanol–water partition coefficient (Wildman–Crippen LogP) is 2.72. The summed E-state index contributed by atoms with van der Waals surface area (Å²) in [6.07, 6.45) is 3.30. The topological polar surface area (TPSA) is 80.3 Å². The molecule has 1 amide bonds. The zero-order valence-corrected chi connectivity index (χ0v) is 12.7. The van der Waals surface area contributed by atoms with E-state index in [9.17, 15) is 9.59 Å². The lowest BCUT2D eigenvalue weighted by atomic mass is 10.2. The smallest absolute Gasteiger partial charge is 0.337 e. The molecule has 0 saturated heterocycles. The van der Waals surface area contributed by atoms with Gasteiger partial charge in [-0.25, -0.2) is 9.78 Å². The molecule has 0 aliphatic heterocycles. The Bertz CT molecular complexity index is 711. The second kappa shape index (κ2) is 7.74. The molecule has 6 heteroatoms. The molecule has 0 aliphatic carbocycles. The molecule has 118 valence electrons. The van der Waals surface area contributed by atoms with Crippen LogP contribution in [-0.4, -0.2) is 30.5 Å². The highest BCUT2D eigenvalue weighted by atomic mass is 16.5. The maximum absolute atomic E-state index is 12.2. The average molecular weight is 311 g/mol. The Morgan fingerprint density at radius 3 is 2.74 bits per heavy atom. The third-order valence-electron chi connectivity index (χ3n) is 2.99. The van der Waals surface area contributed by atoms with Crippen LogP contribution >= 0.6 is 0 Å². The van der Waals surface area contributed by atoms with Gasteiger partial charge in [0.1, 0.15) is 5.69 Å². The Morgan fingerprint density at radius 2 is 2.09 bits per heavy atom. The lowest BCUT2D eigenvalue weighted by molar-refractivity contribution is 0.0600. The van der Waals surface area contributed by atoms with Crippen molar-refractivity contribution in [3.63, 3.8) is 0 Å². The second-order valence-corrected chi connectivity index (χ2v) is 4.63. The van der Waals surface area contributed by atoms with E-state index in [0.29, 0.717) is 17.8 Å². The fourth-order valence-corrected chi connectivity index (χ4v) is 1.86. The first-order valence-electron chi connectivity index (χ1n) is 6.94. The molecule has 2 N–H and O–H groups in total. The molecule has 0 radical (unpaired) electrons. The average Bonchev–Trinajstić information content (AvgIpc) is 2.59. The second-order valence-electron chi connectivity index (χ2n) is 4.63. The van der Waals surface area contributed by atoms with Gasteiger partial charge in [0.2, 0.25) is 0 Å². The number of aromatic nitrogens is 1. The molecule has 0 fully saturated rings. The third kappa shape index (κ3) is 4.41. The van der Waals surface area contributed by atoms with E-state index >= 15 is 0 Å². The number of esters is 1. The Morgan fingerprint density at radius 1 is 1.26 bits per heavy atom. The van der Waals surface area contributed by atoms with Crippen LogP contribution in [0.1, 0.15) is 20.8 Å². The summed E-state index contributed by atoms with van der Waals surface area (Å²) < 4.78 is 4.65. The highest BCUT2D eigenvalue weighted by Gasteiger charge is 2.10. The monoisotopic (exact) mass is 311 g/mol. The zero-order valence-electron chi connectivity index (χ0n) is 12.7. The molecule has 1 aromatic carbocycles. The SMILES string of the molecule is C=CCNc1ccc(C(=O)Nc2cccc(C(=O)OC)c2)nc1. The minimum atomic E-state index is -0.461. The van der Waals surface area contributed by atoms with Crippen molar-refractivity contribution >= 4 is 23.3 Å². The van der Waals surface area contributed by atoms with Crippen molar-refractivity contribution in [3.8, 4) is 0 Å². The van der Waals surface area contributed by atoms with Gasteiger partial charge in [-0.3, -0.25) is 4.79 Å². The third-order valence-corrected chi connectivity index (χ3v) is 2.99. The lowest BCUT2D eigenvalue weighted by Gasteiger charge is -2.07. The zero-order chi connectivity index (χ0) is 16.7. The Balaban J connectivity index is 2.06. The number of carbonyl (C=O) groups excluding carboxylic acids is 2. The number of methoxy groups -OCH3 is 1. The summed E-state index contributed by atoms with van der Waals surface area (Å²) in [6, 6.07) is 9.88. The first kappa shape index (κ1) is 16.2. The van der Waals surface area contributed by atoms with Crippen molar-refractivity contribution in [2.24, 2.45) is 0 Å². The molecule has 23 heavy (non-hydrogen) atoms. The van der Waals surface area contributed by atoms with Crippen molar-refractivity contribution in [1.82, 2.24) is 4.98 Å². The van der Waals surface area contributed by atoms with Crippen LogP contribution in [0.2, 0.25) is 0 Å². The maximum atomic E-state index is 12.2. The van der Waals surface area contributed by atoms with Gasteiger partial charge in [0.15, 0.2) is 0 Å². The van der Waals surface area contributed by atoms with Gasteiger partial charge in [0.05, 0.1) is 24.6 Å². The molecule has 0 atom stereocenters. The number of benzene rings is 1. The fraction of sp³-hybridized carbons (Fsp3) is 0.118. The summed E-state index contributed by atoms with van der Waals surface area (Å²) >= 11 is 0. The van der Waals surface area contributed by atoms with Gasteiger partial charge >= 0.3 is 5.97 Å². The number of rotatable bonds is 6. The number of ether oxygens (including phenoxy) is 1. The highest BCUT2D eigenvalue weighted by Crippen LogP contribution is 2.13. The van der Waals surface area contributed by atoms with Crippen molar-refractivity contribution in [1.29, 1.82) is 0 Å². The molecular weight excluding hydrogens is 294 g/mol. The van der Waals surface area contributed by atoms with Gasteiger partial charge in [-0.15, -0.1) is 6.58 Å². The van der Waals surface area contributed by atoms with Crippen LogP contribution < -0.4 is 10.6 Å². The van der Waals surface area contributed by atoms with Gasteiger partial charge in [0.25, 0.3) is 5.91 Å². The number of amides is 1. The number of nitrogens with zero attached hydrogens (tertiary/aromatic N) is 1. The van der Waals surface area contributed by atoms with Gasteiger partial charge < -0.3 is 15.4 Å². The molecule has 2 aromatic rings. The van der Waals surface area contributed by atoms with E-state index in [1.54, 1.807) is 48.7 Å². The summed E-state index contributed by atoms with van der Waals surface area (Å²) in [5.41, 5.74) is 1.93. The van der Waals surface area contributed by atoms with Crippen LogP contribution in [0.25, 0.3) is 0 Å². The molecular formula is C17H17N3O3. The molecule has 0 spiro atoms. The molecule has 2 rings (SSSR count). The summed E-state index contributed by atoms with van der Waals surface area (Å²) in [7, 11) is 1.31. The maximum Gasteiger partial charge on any atom is 0.337 e. The molecule has 0 aliphatic rings. The Kier molecular flexibility index (Phi) is 5.46. The highest BCUT2D eigenvalue weighted by molar-refractivity contribution is 6.03. The van der Waals surface area contributed by atoms with Gasteiger partial charge in [-0.05, 0) is 30.3 Å². The van der Waals surface area contributed by atoms with Crippen LogP contribution in [0.5, 0.6) is 0 Å². The van der Waals surface area contributed by atoms with E-state index in [1.807, 2.05) is 0 Å². The molecule has 0 saturated carbocycles. The van der Waals surface area contributed by atoms with Crippen LogP contribution in [-0.2, 0) is 4.74 Å². The van der Waals surface area contributed by atoms with Gasteiger partial charge in [-0.1, -0.05) is 12.1 Å². The minimum absolute atomic E-state index is 0.276. The Labute approximate surface area is 134 Å². The van der Waals surface area contributed by atoms with Gasteiger partial charge in [0, 0.05) is 12.2 Å². The number of pyridine rings is 1. The number of nitrogens with one attached hydrogen (secondary N) is 2. The van der Waals surface area contributed by atoms with Crippen LogP contribution in [0.4, 0.5) is 11.4 Å². The summed E-state index contributed by atoms with van der Waals surface area (Å²) in [5.74, 6) is -0.820. The predicted molar refractivity (Wildman–Crippen MR) is 88.7 cm³/mol. The first-order chi connectivity index (χ1) is 11.1. The number of carbonyl (C=O) groups is 2. The van der Waals surface area contributed by atoms with E-state index in [4.69, 9.17) is 0 Å². The number of hydrogen-bond acceptors (Lipinski definition) is 5. The largest absolute Gasteiger partial charge is 0.465 e. The van der Waals surface area contributed by atoms with Crippen LogP contribution in [0.15, 0.2) is 55.3 Å². The standard InChI is InChI=1S/C17H17N3O3/c1-3-9-18-14-7-8-15(19-11-14)16(21)20-13-6-4-5-12(10-13)17(22)23-2/h3-8,10-11,18H,1,9H2,2H3,(H,20,21). The molecule has 6 nitrogen and oxygen atoms in total. The van der Waals surface area contributed by atoms with Crippen LogP contribution in [0.3, 0.4) is 0 Å². The number of anilines is 2. The molecule has 0 bridgehead atoms. The summed E-state index contributed by atoms with van der Waals surface area (Å²) in [4.78, 5) is 27.7. The van der Waals surface area contributed by atoms with E-state index in [2.05, 4.69) is 26.9 Å². The van der Waals surface area contributed by atoms with E-state index in [1.165, 1.54) is 7.11 Å². The summed E-state index contributed by atoms with van der Waals surface area (Å²) in [5, 5.41) is 5.77. The van der Waals surface area contributed by atoms with Crippen molar-refractivity contribution in [2.45, 2.75) is 0 Å². The Hall–Kier alpha value is -3.15. The molecule has 1 heterocycles. The van der Waals surface area contributed by atoms with Crippen molar-refractivity contribution < 1.29 is 14.3 Å². The van der Waals surface area contributed by atoms with Crippen molar-refractivity contribution in [3.05, 3.63) is 66.5 Å². The van der Waals surface area contributed by atoms with Gasteiger partial charge in [-0.2, -0.15) is 0 Å². The van der Waals surface area contributed by atoms with E-state index in [0.717, 1.165) is 5.69 Å². The normalized spacial score (nSPS) is 9.78. The summed E-state index contributed by atoms with van der Waals surface area (Å²) in [6.45, 7) is 4.23. The number of hydrogen-bond donors (Lipinski definition) is 2. The quantitative estimate of drug-likeness (QED) is 0.633. The molecule has 0 unspecified atom stereocenters. The van der Waals surface area contributed by atoms with Crippen molar-refractivity contribution in [2.75, 3.05) is 24.3 Å². The van der Waals surface area contributed by atoms with E-state index in [-0.39, 0.29) is 11.6 Å². The first-order valence-corrected chi connectivity index (χ1v) is 6.94. The van der Waals surface area contributed by atoms with E-state index < -0.39 is 5.97 Å². The van der Waals surface area contributed by atoms with Crippen LogP contribution in [0, 0.1) is 0 Å². The fourth-order valence-electron chi connectivity index (χ4n) is 1.86. The minimum Gasteiger partial charge on any atom is -0.465 e.